The van der Waals surface area contributed by atoms with Crippen molar-refractivity contribution in [3.05, 3.63) is 58.7 Å². The van der Waals surface area contributed by atoms with Gasteiger partial charge in [-0.1, -0.05) is 0 Å². The predicted octanol–water partition coefficient (Wildman–Crippen LogP) is 3.36. The molecule has 1 saturated heterocycles. The zero-order valence-corrected chi connectivity index (χ0v) is 17.1. The molecule has 0 aliphatic carbocycles. The first-order valence-electron chi connectivity index (χ1n) is 10.0. The van der Waals surface area contributed by atoms with Crippen LogP contribution < -0.4 is 10.2 Å². The molecule has 0 spiro atoms. The number of likely N-dealkylation sites (N-methyl/N-ethyl adjacent to an activating group) is 1. The summed E-state index contributed by atoms with van der Waals surface area (Å²) in [5.74, 6) is 1.04. The van der Waals surface area contributed by atoms with Gasteiger partial charge in [0.25, 0.3) is 0 Å². The highest BCUT2D eigenvalue weighted by atomic mass is 16.5. The molecule has 0 atom stereocenters. The van der Waals surface area contributed by atoms with Crippen LogP contribution in [0.1, 0.15) is 5.56 Å². The fourth-order valence-corrected chi connectivity index (χ4v) is 4.09. The number of aromatic nitrogens is 1. The highest BCUT2D eigenvalue weighted by molar-refractivity contribution is 6.01. The van der Waals surface area contributed by atoms with Crippen molar-refractivity contribution in [1.82, 2.24) is 14.8 Å². The molecule has 7 nitrogen and oxygen atoms in total. The molecule has 3 aromatic heterocycles. The van der Waals surface area contributed by atoms with Gasteiger partial charge in [-0.2, -0.15) is 0 Å². The monoisotopic (exact) mass is 405 g/mol. The maximum Gasteiger partial charge on any atom is 0.201 e. The van der Waals surface area contributed by atoms with E-state index in [9.17, 15) is 4.79 Å². The molecule has 7 heteroatoms. The summed E-state index contributed by atoms with van der Waals surface area (Å²) in [4.78, 5) is 22.6. The number of nitrogens with zero attached hydrogens (tertiary/aromatic N) is 3. The average molecular weight is 405 g/mol. The molecule has 0 unspecified atom stereocenters. The van der Waals surface area contributed by atoms with Crippen LogP contribution in [-0.2, 0) is 6.54 Å². The minimum Gasteiger partial charge on any atom is -0.495 e. The van der Waals surface area contributed by atoms with Crippen LogP contribution in [0.5, 0.6) is 5.75 Å². The van der Waals surface area contributed by atoms with Crippen LogP contribution in [0.4, 0.5) is 0 Å². The molecule has 1 aliphatic heterocycles. The van der Waals surface area contributed by atoms with Crippen LogP contribution in [0, 0.1) is 0 Å². The first-order chi connectivity index (χ1) is 14.7. The maximum absolute atomic E-state index is 13.8. The number of fused-ring (bicyclic) bond motifs is 2. The topological polar surface area (TPSA) is 72.0 Å². The number of rotatable bonds is 4. The van der Waals surface area contributed by atoms with Gasteiger partial charge in [0.05, 0.1) is 24.3 Å². The van der Waals surface area contributed by atoms with Gasteiger partial charge in [0, 0.05) is 56.7 Å². The van der Waals surface area contributed by atoms with Gasteiger partial charge in [-0.25, -0.2) is 0 Å². The maximum atomic E-state index is 13.8. The van der Waals surface area contributed by atoms with Gasteiger partial charge in [-0.05, 0) is 25.2 Å². The number of ether oxygens (including phenoxy) is 1. The van der Waals surface area contributed by atoms with Crippen molar-refractivity contribution in [1.29, 1.82) is 0 Å². The second-order valence-corrected chi connectivity index (χ2v) is 7.68. The van der Waals surface area contributed by atoms with E-state index in [-0.39, 0.29) is 5.43 Å². The average Bonchev–Trinajstić information content (AvgIpc) is 3.24. The van der Waals surface area contributed by atoms with Crippen LogP contribution in [0.15, 0.2) is 56.6 Å². The van der Waals surface area contributed by atoms with Crippen molar-refractivity contribution < 1.29 is 13.6 Å². The lowest BCUT2D eigenvalue weighted by Gasteiger charge is -2.32. The molecule has 0 N–H and O–H groups in total. The van der Waals surface area contributed by atoms with E-state index in [0.717, 1.165) is 37.1 Å². The molecule has 0 amide bonds. The van der Waals surface area contributed by atoms with E-state index >= 15 is 0 Å². The molecule has 4 heterocycles. The number of pyridine rings is 1. The van der Waals surface area contributed by atoms with E-state index in [0.29, 0.717) is 40.2 Å². The molecule has 4 aromatic rings. The molecule has 1 aliphatic rings. The number of hydrogen-bond donors (Lipinski definition) is 0. The van der Waals surface area contributed by atoms with Crippen LogP contribution in [0.3, 0.4) is 0 Å². The molecule has 0 saturated carbocycles. The Kier molecular flexibility index (Phi) is 4.77. The second kappa shape index (κ2) is 7.59. The minimum atomic E-state index is -0.0750. The summed E-state index contributed by atoms with van der Waals surface area (Å²) in [5.41, 5.74) is 2.39. The van der Waals surface area contributed by atoms with Gasteiger partial charge >= 0.3 is 0 Å². The summed E-state index contributed by atoms with van der Waals surface area (Å²) < 4.78 is 17.5. The molecule has 1 fully saturated rings. The third kappa shape index (κ3) is 3.16. The lowest BCUT2D eigenvalue weighted by molar-refractivity contribution is 0.147. The Balaban J connectivity index is 1.75. The number of methoxy groups -OCH3 is 1. The Labute approximate surface area is 173 Å². The van der Waals surface area contributed by atoms with Crippen molar-refractivity contribution in [2.45, 2.75) is 6.54 Å². The largest absolute Gasteiger partial charge is 0.495 e. The third-order valence-corrected chi connectivity index (χ3v) is 5.77. The fourth-order valence-electron chi connectivity index (χ4n) is 4.09. The molecule has 1 aromatic carbocycles. The Hall–Kier alpha value is -3.16. The highest BCUT2D eigenvalue weighted by Gasteiger charge is 2.24. The minimum absolute atomic E-state index is 0.0750. The SMILES string of the molecule is COc1c2ccoc2cc2oc(-c3cccnc3)c(CN3CCN(C)CC3)c(=O)c12. The van der Waals surface area contributed by atoms with E-state index < -0.39 is 0 Å². The quantitative estimate of drug-likeness (QED) is 0.515. The van der Waals surface area contributed by atoms with E-state index in [1.165, 1.54) is 0 Å². The van der Waals surface area contributed by atoms with Crippen molar-refractivity contribution >= 4 is 21.9 Å². The van der Waals surface area contributed by atoms with Crippen LogP contribution in [-0.4, -0.2) is 55.1 Å². The Morgan fingerprint density at radius 1 is 1.17 bits per heavy atom. The zero-order valence-electron chi connectivity index (χ0n) is 17.1. The number of benzene rings is 1. The van der Waals surface area contributed by atoms with Crippen molar-refractivity contribution in [2.24, 2.45) is 0 Å². The van der Waals surface area contributed by atoms with Crippen molar-refractivity contribution in [3.63, 3.8) is 0 Å². The molecule has 30 heavy (non-hydrogen) atoms. The Morgan fingerprint density at radius 2 is 2.00 bits per heavy atom. The van der Waals surface area contributed by atoms with E-state index in [2.05, 4.69) is 21.8 Å². The number of furan rings is 1. The molecule has 0 bridgehead atoms. The normalized spacial score (nSPS) is 15.8. The summed E-state index contributed by atoms with van der Waals surface area (Å²) in [7, 11) is 3.68. The Bertz CT molecular complexity index is 1250. The first-order valence-corrected chi connectivity index (χ1v) is 10.0. The molecule has 154 valence electrons. The molecule has 0 radical (unpaired) electrons. The summed E-state index contributed by atoms with van der Waals surface area (Å²) in [6.45, 7) is 4.26. The van der Waals surface area contributed by atoms with E-state index in [1.54, 1.807) is 31.8 Å². The zero-order chi connectivity index (χ0) is 20.7. The van der Waals surface area contributed by atoms with Gasteiger partial charge < -0.3 is 18.5 Å². The standard InChI is InChI=1S/C23H23N3O4/c1-25-7-9-26(10-8-25)14-17-21(27)20-19(30-22(17)15-4-3-6-24-13-15)12-18-16(5-11-29-18)23(20)28-2/h3-6,11-13H,7-10,14H2,1-2H3. The van der Waals surface area contributed by atoms with Crippen LogP contribution in [0.25, 0.3) is 33.3 Å². The van der Waals surface area contributed by atoms with Gasteiger partial charge in [0.15, 0.2) is 0 Å². The first kappa shape index (κ1) is 18.8. The van der Waals surface area contributed by atoms with Gasteiger partial charge in [-0.3, -0.25) is 14.7 Å². The van der Waals surface area contributed by atoms with Crippen LogP contribution in [0.2, 0.25) is 0 Å². The van der Waals surface area contributed by atoms with Gasteiger partial charge in [0.2, 0.25) is 5.43 Å². The van der Waals surface area contributed by atoms with Crippen molar-refractivity contribution in [3.8, 4) is 17.1 Å². The van der Waals surface area contributed by atoms with Crippen molar-refractivity contribution in [2.75, 3.05) is 40.3 Å². The fraction of sp³-hybridized carbons (Fsp3) is 0.304. The Morgan fingerprint density at radius 3 is 2.73 bits per heavy atom. The smallest absolute Gasteiger partial charge is 0.201 e. The summed E-state index contributed by atoms with van der Waals surface area (Å²) >= 11 is 0. The summed E-state index contributed by atoms with van der Waals surface area (Å²) in [6, 6.07) is 7.32. The molecular formula is C23H23N3O4. The second-order valence-electron chi connectivity index (χ2n) is 7.68. The summed E-state index contributed by atoms with van der Waals surface area (Å²) in [5, 5.41) is 1.21. The van der Waals surface area contributed by atoms with E-state index in [1.807, 2.05) is 18.2 Å². The van der Waals surface area contributed by atoms with Crippen LogP contribution >= 0.6 is 0 Å². The summed E-state index contributed by atoms with van der Waals surface area (Å²) in [6.07, 6.45) is 5.02. The lowest BCUT2D eigenvalue weighted by atomic mass is 10.0. The molecular weight excluding hydrogens is 382 g/mol. The highest BCUT2D eigenvalue weighted by Crippen LogP contribution is 2.36. The van der Waals surface area contributed by atoms with E-state index in [4.69, 9.17) is 13.6 Å². The third-order valence-electron chi connectivity index (χ3n) is 5.77. The number of hydrogen-bond acceptors (Lipinski definition) is 7. The lowest BCUT2D eigenvalue weighted by Crippen LogP contribution is -2.44. The number of piperazine rings is 1. The van der Waals surface area contributed by atoms with Gasteiger partial charge in [-0.15, -0.1) is 0 Å². The predicted molar refractivity (Wildman–Crippen MR) is 115 cm³/mol. The molecule has 5 rings (SSSR count). The van der Waals surface area contributed by atoms with Gasteiger partial charge in [0.1, 0.15) is 28.1 Å².